The number of nitrogens with one attached hydrogen (secondary N) is 1. The lowest BCUT2D eigenvalue weighted by molar-refractivity contribution is -0.118. The average Bonchev–Trinajstić information content (AvgIpc) is 3.31. The second-order valence-corrected chi connectivity index (χ2v) is 9.30. The first-order valence-corrected chi connectivity index (χ1v) is 12.4. The lowest BCUT2D eigenvalue weighted by atomic mass is 9.98. The number of hydrogen-bond donors (Lipinski definition) is 1. The fourth-order valence-corrected chi connectivity index (χ4v) is 3.96. The summed E-state index contributed by atoms with van der Waals surface area (Å²) in [6, 6.07) is 19.9. The Balaban J connectivity index is 1.45. The van der Waals surface area contributed by atoms with Crippen molar-refractivity contribution in [2.45, 2.75) is 59.3 Å². The minimum Gasteiger partial charge on any atom is -0.484 e. The minimum atomic E-state index is -0.216. The molecule has 0 aliphatic rings. The third-order valence-electron chi connectivity index (χ3n) is 6.78. The molecule has 0 saturated carbocycles. The highest BCUT2D eigenvalue weighted by atomic mass is 16.5. The van der Waals surface area contributed by atoms with Crippen molar-refractivity contribution in [1.82, 2.24) is 4.98 Å². The summed E-state index contributed by atoms with van der Waals surface area (Å²) in [5, 5.41) is 2.96. The number of ether oxygens (including phenoxy) is 1. The predicted octanol–water partition coefficient (Wildman–Crippen LogP) is 7.85. The quantitative estimate of drug-likeness (QED) is 0.270. The van der Waals surface area contributed by atoms with Crippen LogP contribution in [0.5, 0.6) is 5.75 Å². The highest BCUT2D eigenvalue weighted by Crippen LogP contribution is 2.30. The summed E-state index contributed by atoms with van der Waals surface area (Å²) in [7, 11) is 0. The molecule has 2 atom stereocenters. The number of anilines is 1. The Hall–Kier alpha value is -3.60. The van der Waals surface area contributed by atoms with Gasteiger partial charge >= 0.3 is 0 Å². The summed E-state index contributed by atoms with van der Waals surface area (Å²) in [6.07, 6.45) is 2.16. The first-order valence-electron chi connectivity index (χ1n) is 12.4. The minimum absolute atomic E-state index is 0.0619. The van der Waals surface area contributed by atoms with Gasteiger partial charge in [-0.05, 0) is 84.7 Å². The monoisotopic (exact) mass is 470 g/mol. The second-order valence-electron chi connectivity index (χ2n) is 9.30. The van der Waals surface area contributed by atoms with Crippen LogP contribution in [0.2, 0.25) is 0 Å². The molecule has 0 spiro atoms. The molecule has 0 aliphatic heterocycles. The summed E-state index contributed by atoms with van der Waals surface area (Å²) in [6.45, 7) is 10.7. The van der Waals surface area contributed by atoms with E-state index in [1.807, 2.05) is 43.3 Å². The lowest BCUT2D eigenvalue weighted by Crippen LogP contribution is -2.20. The van der Waals surface area contributed by atoms with Crippen LogP contribution in [0.1, 0.15) is 69.1 Å². The van der Waals surface area contributed by atoms with Gasteiger partial charge in [-0.2, -0.15) is 0 Å². The van der Waals surface area contributed by atoms with Crippen molar-refractivity contribution in [2.75, 3.05) is 11.9 Å². The largest absolute Gasteiger partial charge is 0.484 e. The molecule has 0 bridgehead atoms. The van der Waals surface area contributed by atoms with Crippen LogP contribution in [0, 0.1) is 6.92 Å². The zero-order valence-electron chi connectivity index (χ0n) is 21.2. The summed E-state index contributed by atoms with van der Waals surface area (Å²) >= 11 is 0. The van der Waals surface area contributed by atoms with Gasteiger partial charge in [0.05, 0.1) is 0 Å². The smallest absolute Gasteiger partial charge is 0.262 e. The average molecular weight is 471 g/mol. The zero-order valence-corrected chi connectivity index (χ0v) is 21.2. The maximum atomic E-state index is 12.6. The van der Waals surface area contributed by atoms with Gasteiger partial charge in [0.1, 0.15) is 11.3 Å². The van der Waals surface area contributed by atoms with E-state index in [2.05, 4.69) is 57.3 Å². The summed E-state index contributed by atoms with van der Waals surface area (Å²) in [4.78, 5) is 17.3. The number of rotatable bonds is 9. The number of oxazole rings is 1. The molecule has 0 saturated heterocycles. The van der Waals surface area contributed by atoms with Crippen LogP contribution in [0.15, 0.2) is 65.1 Å². The fraction of sp³-hybridized carbons (Fsp3) is 0.333. The SMILES string of the molecule is CC[C@@H](C)c1ccc(OCC(=O)Nc2cc(-c3nc4cc([C@@H](C)CC)ccc4o3)ccc2C)cc1. The highest BCUT2D eigenvalue weighted by molar-refractivity contribution is 5.93. The second kappa shape index (κ2) is 10.8. The van der Waals surface area contributed by atoms with Crippen LogP contribution in [0.4, 0.5) is 5.69 Å². The van der Waals surface area contributed by atoms with E-state index in [1.54, 1.807) is 0 Å². The lowest BCUT2D eigenvalue weighted by Gasteiger charge is -2.12. The van der Waals surface area contributed by atoms with Gasteiger partial charge in [-0.1, -0.05) is 52.0 Å². The molecule has 35 heavy (non-hydrogen) atoms. The Morgan fingerprint density at radius 1 is 0.943 bits per heavy atom. The van der Waals surface area contributed by atoms with Crippen LogP contribution in [-0.4, -0.2) is 17.5 Å². The van der Waals surface area contributed by atoms with Crippen LogP contribution in [-0.2, 0) is 4.79 Å². The van der Waals surface area contributed by atoms with E-state index >= 15 is 0 Å². The van der Waals surface area contributed by atoms with Crippen molar-refractivity contribution in [3.8, 4) is 17.2 Å². The molecule has 5 nitrogen and oxygen atoms in total. The van der Waals surface area contributed by atoms with Gasteiger partial charge in [0.2, 0.25) is 5.89 Å². The van der Waals surface area contributed by atoms with Crippen LogP contribution in [0.25, 0.3) is 22.6 Å². The maximum Gasteiger partial charge on any atom is 0.262 e. The van der Waals surface area contributed by atoms with Gasteiger partial charge in [-0.15, -0.1) is 0 Å². The Kier molecular flexibility index (Phi) is 7.54. The van der Waals surface area contributed by atoms with Gasteiger partial charge in [0.25, 0.3) is 5.91 Å². The molecule has 0 unspecified atom stereocenters. The van der Waals surface area contributed by atoms with Crippen molar-refractivity contribution in [1.29, 1.82) is 0 Å². The van der Waals surface area contributed by atoms with E-state index in [9.17, 15) is 4.79 Å². The summed E-state index contributed by atoms with van der Waals surface area (Å²) in [5.41, 5.74) is 6.61. The summed E-state index contributed by atoms with van der Waals surface area (Å²) in [5.74, 6) is 1.98. The van der Waals surface area contributed by atoms with Gasteiger partial charge in [-0.25, -0.2) is 4.98 Å². The van der Waals surface area contributed by atoms with E-state index in [4.69, 9.17) is 14.1 Å². The fourth-order valence-electron chi connectivity index (χ4n) is 3.96. The van der Waals surface area contributed by atoms with Gasteiger partial charge in [-0.3, -0.25) is 4.79 Å². The first-order chi connectivity index (χ1) is 16.9. The van der Waals surface area contributed by atoms with Crippen molar-refractivity contribution < 1.29 is 13.9 Å². The highest BCUT2D eigenvalue weighted by Gasteiger charge is 2.14. The van der Waals surface area contributed by atoms with Crippen molar-refractivity contribution in [2.24, 2.45) is 0 Å². The summed E-state index contributed by atoms with van der Waals surface area (Å²) < 4.78 is 11.7. The number of carbonyl (C=O) groups excluding carboxylic acids is 1. The van der Waals surface area contributed by atoms with Gasteiger partial charge < -0.3 is 14.5 Å². The molecule has 182 valence electrons. The Labute approximate surface area is 207 Å². The third-order valence-corrected chi connectivity index (χ3v) is 6.78. The van der Waals surface area contributed by atoms with Crippen LogP contribution >= 0.6 is 0 Å². The molecule has 5 heteroatoms. The molecule has 1 aromatic heterocycles. The molecule has 0 aliphatic carbocycles. The number of fused-ring (bicyclic) bond motifs is 1. The molecule has 1 heterocycles. The van der Waals surface area contributed by atoms with Crippen molar-refractivity contribution >= 4 is 22.7 Å². The number of carbonyl (C=O) groups is 1. The topological polar surface area (TPSA) is 64.4 Å². The number of aryl methyl sites for hydroxylation is 1. The molecule has 4 aromatic rings. The molecule has 3 aromatic carbocycles. The number of benzene rings is 3. The van der Waals surface area contributed by atoms with Gasteiger partial charge in [0, 0.05) is 11.3 Å². The molecule has 0 fully saturated rings. The van der Waals surface area contributed by atoms with Crippen LogP contribution < -0.4 is 10.1 Å². The Morgan fingerprint density at radius 2 is 1.63 bits per heavy atom. The van der Waals surface area contributed by atoms with E-state index in [0.29, 0.717) is 29.2 Å². The van der Waals surface area contributed by atoms with E-state index in [-0.39, 0.29) is 12.5 Å². The van der Waals surface area contributed by atoms with Crippen molar-refractivity contribution in [3.05, 3.63) is 77.4 Å². The van der Waals surface area contributed by atoms with Crippen LogP contribution in [0.3, 0.4) is 0 Å². The molecule has 4 rings (SSSR count). The molecule has 1 N–H and O–H groups in total. The van der Waals surface area contributed by atoms with E-state index < -0.39 is 0 Å². The maximum absolute atomic E-state index is 12.6. The standard InChI is InChI=1S/C30H34N2O3/c1-6-19(3)22-10-13-25(14-11-22)34-18-29(33)31-26-17-24(9-8-21(26)5)30-32-27-16-23(20(4)7-2)12-15-28(27)35-30/h8-17,19-20H,6-7,18H2,1-5H3,(H,31,33)/t19-,20+/m1/s1. The van der Waals surface area contributed by atoms with Gasteiger partial charge in [0.15, 0.2) is 12.2 Å². The molecule has 1 amide bonds. The normalized spacial score (nSPS) is 12.9. The number of aromatic nitrogens is 1. The predicted molar refractivity (Wildman–Crippen MR) is 142 cm³/mol. The Morgan fingerprint density at radius 3 is 2.34 bits per heavy atom. The zero-order chi connectivity index (χ0) is 24.9. The van der Waals surface area contributed by atoms with Crippen molar-refractivity contribution in [3.63, 3.8) is 0 Å². The van der Waals surface area contributed by atoms with E-state index in [0.717, 1.165) is 35.1 Å². The molecular formula is C30H34N2O3. The number of hydrogen-bond acceptors (Lipinski definition) is 4. The van der Waals surface area contributed by atoms with E-state index in [1.165, 1.54) is 11.1 Å². The molecule has 0 radical (unpaired) electrons. The Bertz CT molecular complexity index is 1310. The molecular weight excluding hydrogens is 436 g/mol. The number of amides is 1. The first kappa shape index (κ1) is 24.5. The number of nitrogens with zero attached hydrogens (tertiary/aromatic N) is 1. The third kappa shape index (κ3) is 5.73.